The molecule has 3 heteroatoms. The van der Waals surface area contributed by atoms with E-state index in [1.165, 1.54) is 11.8 Å². The molecule has 0 aromatic carbocycles. The van der Waals surface area contributed by atoms with Crippen molar-refractivity contribution in [3.63, 3.8) is 0 Å². The van der Waals surface area contributed by atoms with E-state index in [1.54, 1.807) is 6.08 Å². The SMILES string of the molecule is O=NC1C=CC=CS1. The van der Waals surface area contributed by atoms with Crippen molar-refractivity contribution in [2.75, 3.05) is 0 Å². The summed E-state index contributed by atoms with van der Waals surface area (Å²) in [5.74, 6) is 0. The molecular formula is C5H5NOS. The van der Waals surface area contributed by atoms with Gasteiger partial charge in [-0.15, -0.1) is 4.91 Å². The Morgan fingerprint density at radius 3 is 2.75 bits per heavy atom. The van der Waals surface area contributed by atoms with Gasteiger partial charge in [0.2, 0.25) is 0 Å². The molecule has 0 aliphatic carbocycles. The Morgan fingerprint density at radius 2 is 2.38 bits per heavy atom. The van der Waals surface area contributed by atoms with Crippen molar-refractivity contribution in [1.29, 1.82) is 0 Å². The highest BCUT2D eigenvalue weighted by Crippen LogP contribution is 2.18. The van der Waals surface area contributed by atoms with E-state index in [0.29, 0.717) is 0 Å². The van der Waals surface area contributed by atoms with E-state index in [2.05, 4.69) is 5.18 Å². The van der Waals surface area contributed by atoms with Crippen molar-refractivity contribution in [2.45, 2.75) is 5.37 Å². The zero-order valence-corrected chi connectivity index (χ0v) is 4.97. The lowest BCUT2D eigenvalue weighted by molar-refractivity contribution is 1.14. The van der Waals surface area contributed by atoms with Crippen LogP contribution in [0.5, 0.6) is 0 Å². The van der Waals surface area contributed by atoms with Gasteiger partial charge in [0.1, 0.15) is 0 Å². The molecule has 2 nitrogen and oxygen atoms in total. The van der Waals surface area contributed by atoms with E-state index in [9.17, 15) is 4.91 Å². The van der Waals surface area contributed by atoms with E-state index >= 15 is 0 Å². The third-order valence-electron chi connectivity index (χ3n) is 0.787. The number of rotatable bonds is 1. The summed E-state index contributed by atoms with van der Waals surface area (Å²) in [5.41, 5.74) is 0. The van der Waals surface area contributed by atoms with Crippen molar-refractivity contribution in [3.05, 3.63) is 28.5 Å². The second-order valence-electron chi connectivity index (χ2n) is 1.35. The first-order valence-electron chi connectivity index (χ1n) is 2.25. The van der Waals surface area contributed by atoms with Crippen LogP contribution in [0.1, 0.15) is 0 Å². The molecular weight excluding hydrogens is 122 g/mol. The van der Waals surface area contributed by atoms with Crippen LogP contribution in [-0.2, 0) is 0 Å². The molecule has 0 aromatic rings. The molecule has 0 N–H and O–H groups in total. The molecule has 0 saturated carbocycles. The van der Waals surface area contributed by atoms with E-state index in [1.807, 2.05) is 17.6 Å². The average molecular weight is 127 g/mol. The van der Waals surface area contributed by atoms with Gasteiger partial charge in [0, 0.05) is 0 Å². The maximum Gasteiger partial charge on any atom is 0.160 e. The van der Waals surface area contributed by atoms with Crippen LogP contribution in [-0.4, -0.2) is 5.37 Å². The predicted octanol–water partition coefficient (Wildman–Crippen LogP) is 1.90. The van der Waals surface area contributed by atoms with Gasteiger partial charge in [-0.25, -0.2) is 0 Å². The van der Waals surface area contributed by atoms with E-state index in [0.717, 1.165) is 0 Å². The van der Waals surface area contributed by atoms with Crippen LogP contribution in [0.25, 0.3) is 0 Å². The molecule has 1 atom stereocenters. The van der Waals surface area contributed by atoms with Gasteiger partial charge in [-0.2, -0.15) is 0 Å². The van der Waals surface area contributed by atoms with Gasteiger partial charge >= 0.3 is 0 Å². The molecule has 0 bridgehead atoms. The summed E-state index contributed by atoms with van der Waals surface area (Å²) in [4.78, 5) is 9.80. The van der Waals surface area contributed by atoms with Crippen LogP contribution < -0.4 is 0 Å². The van der Waals surface area contributed by atoms with Crippen molar-refractivity contribution in [1.82, 2.24) is 0 Å². The van der Waals surface area contributed by atoms with Crippen molar-refractivity contribution in [2.24, 2.45) is 5.18 Å². The molecule has 1 aliphatic heterocycles. The standard InChI is InChI=1S/C5H5NOS/c7-6-5-3-1-2-4-8-5/h1-5H. The number of nitrogens with zero attached hydrogens (tertiary/aromatic N) is 1. The van der Waals surface area contributed by atoms with Crippen LogP contribution in [0, 0.1) is 4.91 Å². The maximum atomic E-state index is 9.80. The van der Waals surface area contributed by atoms with Crippen molar-refractivity contribution < 1.29 is 0 Å². The highest BCUT2D eigenvalue weighted by molar-refractivity contribution is 8.02. The van der Waals surface area contributed by atoms with Crippen LogP contribution in [0.2, 0.25) is 0 Å². The molecule has 0 amide bonds. The molecule has 1 heterocycles. The normalized spacial score (nSPS) is 25.8. The van der Waals surface area contributed by atoms with E-state index < -0.39 is 0 Å². The second kappa shape index (κ2) is 2.67. The van der Waals surface area contributed by atoms with Gasteiger partial charge in [0.05, 0.1) is 0 Å². The number of nitroso groups, excluding NO2 is 1. The molecule has 1 unspecified atom stereocenters. The second-order valence-corrected chi connectivity index (χ2v) is 2.37. The number of thioether (sulfide) groups is 1. The Bertz CT molecular complexity index is 141. The number of allylic oxidation sites excluding steroid dienone is 2. The largest absolute Gasteiger partial charge is 0.160 e. The summed E-state index contributed by atoms with van der Waals surface area (Å²) in [5, 5.41) is 4.48. The third-order valence-corrected chi connectivity index (χ3v) is 1.62. The van der Waals surface area contributed by atoms with Gasteiger partial charge in [-0.1, -0.05) is 29.1 Å². The fourth-order valence-corrected chi connectivity index (χ4v) is 1.01. The number of hydrogen-bond acceptors (Lipinski definition) is 3. The zero-order chi connectivity index (χ0) is 5.82. The maximum absolute atomic E-state index is 9.80. The Kier molecular flexibility index (Phi) is 1.86. The molecule has 0 spiro atoms. The summed E-state index contributed by atoms with van der Waals surface area (Å²) in [6.07, 6.45) is 5.46. The van der Waals surface area contributed by atoms with Gasteiger partial charge in [0.25, 0.3) is 0 Å². The first-order chi connectivity index (χ1) is 3.93. The molecule has 0 saturated heterocycles. The highest BCUT2D eigenvalue weighted by Gasteiger charge is 2.01. The third kappa shape index (κ3) is 1.20. The minimum absolute atomic E-state index is 0.194. The molecule has 0 radical (unpaired) electrons. The lowest BCUT2D eigenvalue weighted by atomic mass is 10.5. The van der Waals surface area contributed by atoms with Crippen molar-refractivity contribution >= 4 is 11.8 Å². The minimum Gasteiger partial charge on any atom is -0.149 e. The molecule has 1 aliphatic rings. The fraction of sp³-hybridized carbons (Fsp3) is 0.200. The number of hydrogen-bond donors (Lipinski definition) is 0. The Balaban J connectivity index is 2.51. The van der Waals surface area contributed by atoms with Crippen LogP contribution in [0.3, 0.4) is 0 Å². The summed E-state index contributed by atoms with van der Waals surface area (Å²) < 4.78 is 0. The van der Waals surface area contributed by atoms with Gasteiger partial charge in [-0.3, -0.25) is 0 Å². The first-order valence-corrected chi connectivity index (χ1v) is 3.19. The van der Waals surface area contributed by atoms with Crippen LogP contribution in [0.15, 0.2) is 28.8 Å². The molecule has 1 rings (SSSR count). The Hall–Kier alpha value is -0.570. The monoisotopic (exact) mass is 127 g/mol. The van der Waals surface area contributed by atoms with E-state index in [-0.39, 0.29) is 5.37 Å². The Morgan fingerprint density at radius 1 is 1.50 bits per heavy atom. The predicted molar refractivity (Wildman–Crippen MR) is 35.5 cm³/mol. The topological polar surface area (TPSA) is 29.4 Å². The lowest BCUT2D eigenvalue weighted by Crippen LogP contribution is -1.90. The zero-order valence-electron chi connectivity index (χ0n) is 4.15. The quantitative estimate of drug-likeness (QED) is 0.503. The summed E-state index contributed by atoms with van der Waals surface area (Å²) >= 11 is 1.42. The molecule has 0 aromatic heterocycles. The minimum atomic E-state index is -0.194. The van der Waals surface area contributed by atoms with Crippen LogP contribution >= 0.6 is 11.8 Å². The molecule has 0 fully saturated rings. The lowest BCUT2D eigenvalue weighted by Gasteiger charge is -1.99. The summed E-state index contributed by atoms with van der Waals surface area (Å²) in [6.45, 7) is 0. The van der Waals surface area contributed by atoms with Gasteiger partial charge in [0.15, 0.2) is 5.37 Å². The highest BCUT2D eigenvalue weighted by atomic mass is 32.2. The Labute approximate surface area is 51.6 Å². The summed E-state index contributed by atoms with van der Waals surface area (Å²) in [6, 6.07) is 0. The smallest absolute Gasteiger partial charge is 0.149 e. The van der Waals surface area contributed by atoms with Gasteiger partial charge in [-0.05, 0) is 11.5 Å². The van der Waals surface area contributed by atoms with E-state index in [4.69, 9.17) is 0 Å². The average Bonchev–Trinajstić information content (AvgIpc) is 1.90. The van der Waals surface area contributed by atoms with Gasteiger partial charge < -0.3 is 0 Å². The summed E-state index contributed by atoms with van der Waals surface area (Å²) in [7, 11) is 0. The van der Waals surface area contributed by atoms with Crippen LogP contribution in [0.4, 0.5) is 0 Å². The first kappa shape index (κ1) is 5.56. The molecule has 42 valence electrons. The molecule has 8 heavy (non-hydrogen) atoms. The fourth-order valence-electron chi connectivity index (χ4n) is 0.436. The van der Waals surface area contributed by atoms with Crippen molar-refractivity contribution in [3.8, 4) is 0 Å².